The summed E-state index contributed by atoms with van der Waals surface area (Å²) in [6.45, 7) is 5.26. The van der Waals surface area contributed by atoms with Gasteiger partial charge in [-0.1, -0.05) is 6.07 Å². The molecule has 0 bridgehead atoms. The van der Waals surface area contributed by atoms with Crippen LogP contribution in [0.4, 0.5) is 4.79 Å². The molecule has 36 heavy (non-hydrogen) atoms. The Morgan fingerprint density at radius 2 is 1.92 bits per heavy atom. The molecule has 188 valence electrons. The van der Waals surface area contributed by atoms with Crippen molar-refractivity contribution in [3.63, 3.8) is 0 Å². The normalized spacial score (nSPS) is 15.1. The number of nitrogens with zero attached hydrogens (tertiary/aromatic N) is 4. The van der Waals surface area contributed by atoms with E-state index in [1.165, 1.54) is 6.92 Å². The number of hydrogen-bond acceptors (Lipinski definition) is 8. The minimum absolute atomic E-state index is 0.0375. The second-order valence-corrected chi connectivity index (χ2v) is 9.69. The zero-order valence-corrected chi connectivity index (χ0v) is 23.1. The molecule has 0 saturated heterocycles. The number of halogens is 2. The first-order valence-corrected chi connectivity index (χ1v) is 12.9. The van der Waals surface area contributed by atoms with E-state index in [0.29, 0.717) is 23.7 Å². The minimum Gasteiger partial charge on any atom is -0.435 e. The monoisotopic (exact) mass is 618 g/mol. The van der Waals surface area contributed by atoms with Crippen LogP contribution in [0.15, 0.2) is 56.7 Å². The molecule has 4 rings (SSSR count). The van der Waals surface area contributed by atoms with Crippen LogP contribution in [0, 0.1) is 6.92 Å². The zero-order chi connectivity index (χ0) is 25.8. The summed E-state index contributed by atoms with van der Waals surface area (Å²) in [5.41, 5.74) is 4.12. The molecule has 0 amide bonds. The molecule has 0 saturated carbocycles. The van der Waals surface area contributed by atoms with Crippen molar-refractivity contribution >= 4 is 49.7 Å². The highest BCUT2D eigenvalue weighted by Gasteiger charge is 2.29. The SMILES string of the molecule is CCOC(=O)OC(C)OC(=O)CC[C@@H]1N=C(c2ccccn2)c2cc(Br)c(Br)cc2-n2c(C)cnc21. The van der Waals surface area contributed by atoms with Gasteiger partial charge in [0.05, 0.1) is 23.7 Å². The second kappa shape index (κ2) is 11.3. The van der Waals surface area contributed by atoms with Crippen LogP contribution in [0.1, 0.15) is 55.5 Å². The number of benzene rings is 1. The lowest BCUT2D eigenvalue weighted by Crippen LogP contribution is -2.22. The standard InChI is InChI=1S/C25H24Br2N4O5/c1-4-34-25(33)36-15(3)35-22(32)9-8-20-24-29-13-14(2)31(24)21-12-18(27)17(26)11-16(21)23(30-20)19-7-5-6-10-28-19/h5-7,10-13,15,20H,4,8-9H2,1-3H3/t15?,20-/m0/s1. The zero-order valence-electron chi connectivity index (χ0n) is 19.9. The summed E-state index contributed by atoms with van der Waals surface area (Å²) >= 11 is 7.22. The summed E-state index contributed by atoms with van der Waals surface area (Å²) in [6.07, 6.45) is 1.92. The van der Waals surface area contributed by atoms with E-state index in [1.54, 1.807) is 19.3 Å². The average molecular weight is 620 g/mol. The van der Waals surface area contributed by atoms with Crippen LogP contribution >= 0.6 is 31.9 Å². The first kappa shape index (κ1) is 26.0. The molecular formula is C25H24Br2N4O5. The van der Waals surface area contributed by atoms with Crippen LogP contribution in [0.3, 0.4) is 0 Å². The lowest BCUT2D eigenvalue weighted by Gasteiger charge is -2.16. The maximum Gasteiger partial charge on any atom is 0.511 e. The van der Waals surface area contributed by atoms with Crippen LogP contribution in [0.5, 0.6) is 0 Å². The number of aromatic nitrogens is 3. The molecular weight excluding hydrogens is 596 g/mol. The number of rotatable bonds is 7. The van der Waals surface area contributed by atoms with Crippen molar-refractivity contribution in [1.82, 2.24) is 14.5 Å². The highest BCUT2D eigenvalue weighted by Crippen LogP contribution is 2.37. The summed E-state index contributed by atoms with van der Waals surface area (Å²) in [6, 6.07) is 9.22. The van der Waals surface area contributed by atoms with Gasteiger partial charge in [-0.3, -0.25) is 19.3 Å². The number of imidazole rings is 1. The van der Waals surface area contributed by atoms with Crippen molar-refractivity contribution in [2.24, 2.45) is 4.99 Å². The number of fused-ring (bicyclic) bond motifs is 3. The first-order valence-electron chi connectivity index (χ1n) is 11.3. The average Bonchev–Trinajstić information content (AvgIpc) is 3.16. The fourth-order valence-electron chi connectivity index (χ4n) is 3.91. The molecule has 2 aromatic heterocycles. The highest BCUT2D eigenvalue weighted by atomic mass is 79.9. The van der Waals surface area contributed by atoms with Gasteiger partial charge in [0.15, 0.2) is 0 Å². The Labute approximate surface area is 225 Å². The molecule has 3 aromatic rings. The van der Waals surface area contributed by atoms with Gasteiger partial charge in [-0.2, -0.15) is 0 Å². The fraction of sp³-hybridized carbons (Fsp3) is 0.320. The van der Waals surface area contributed by atoms with Crippen LogP contribution in [-0.2, 0) is 19.0 Å². The molecule has 1 aliphatic rings. The molecule has 11 heteroatoms. The van der Waals surface area contributed by atoms with Crippen molar-refractivity contribution in [2.45, 2.75) is 45.9 Å². The summed E-state index contributed by atoms with van der Waals surface area (Å²) in [5, 5.41) is 0. The van der Waals surface area contributed by atoms with Gasteiger partial charge in [0, 0.05) is 45.9 Å². The van der Waals surface area contributed by atoms with Gasteiger partial charge >= 0.3 is 12.1 Å². The summed E-state index contributed by atoms with van der Waals surface area (Å²) in [7, 11) is 0. The van der Waals surface area contributed by atoms with Crippen molar-refractivity contribution in [3.05, 3.63) is 74.4 Å². The summed E-state index contributed by atoms with van der Waals surface area (Å²) < 4.78 is 18.7. The Balaban J connectivity index is 1.66. The summed E-state index contributed by atoms with van der Waals surface area (Å²) in [5.74, 6) is 0.181. The number of carbonyl (C=O) groups is 2. The van der Waals surface area contributed by atoms with Gasteiger partial charge in [-0.25, -0.2) is 9.78 Å². The van der Waals surface area contributed by atoms with Crippen LogP contribution in [-0.4, -0.2) is 45.3 Å². The molecule has 0 fully saturated rings. The maximum atomic E-state index is 12.5. The number of aryl methyl sites for hydroxylation is 1. The van der Waals surface area contributed by atoms with Crippen LogP contribution in [0.2, 0.25) is 0 Å². The van der Waals surface area contributed by atoms with E-state index in [-0.39, 0.29) is 13.0 Å². The van der Waals surface area contributed by atoms with Gasteiger partial charge in [0.2, 0.25) is 6.29 Å². The van der Waals surface area contributed by atoms with E-state index < -0.39 is 24.5 Å². The van der Waals surface area contributed by atoms with E-state index in [2.05, 4.69) is 46.4 Å². The first-order chi connectivity index (χ1) is 17.3. The van der Waals surface area contributed by atoms with Crippen molar-refractivity contribution < 1.29 is 23.8 Å². The third-order valence-corrected chi connectivity index (χ3v) is 7.28. The van der Waals surface area contributed by atoms with Gasteiger partial charge in [-0.05, 0) is 76.4 Å². The van der Waals surface area contributed by atoms with Crippen LogP contribution < -0.4 is 0 Å². The van der Waals surface area contributed by atoms with E-state index in [9.17, 15) is 9.59 Å². The minimum atomic E-state index is -1.07. The topological polar surface area (TPSA) is 105 Å². The Morgan fingerprint density at radius 1 is 1.14 bits per heavy atom. The van der Waals surface area contributed by atoms with Crippen LogP contribution in [0.25, 0.3) is 5.69 Å². The second-order valence-electron chi connectivity index (χ2n) is 7.98. The van der Waals surface area contributed by atoms with E-state index in [0.717, 1.165) is 25.9 Å². The number of ether oxygens (including phenoxy) is 3. The lowest BCUT2D eigenvalue weighted by atomic mass is 10.0. The largest absolute Gasteiger partial charge is 0.511 e. The number of esters is 1. The van der Waals surface area contributed by atoms with Crippen molar-refractivity contribution in [1.29, 1.82) is 0 Å². The Morgan fingerprint density at radius 3 is 2.64 bits per heavy atom. The molecule has 1 aliphatic heterocycles. The molecule has 2 atom stereocenters. The van der Waals surface area contributed by atoms with Crippen molar-refractivity contribution in [2.75, 3.05) is 6.61 Å². The molecule has 0 spiro atoms. The molecule has 1 unspecified atom stereocenters. The molecule has 0 N–H and O–H groups in total. The fourth-order valence-corrected chi connectivity index (χ4v) is 4.58. The predicted octanol–water partition coefficient (Wildman–Crippen LogP) is 5.84. The van der Waals surface area contributed by atoms with E-state index >= 15 is 0 Å². The summed E-state index contributed by atoms with van der Waals surface area (Å²) in [4.78, 5) is 38.3. The van der Waals surface area contributed by atoms with Gasteiger partial charge < -0.3 is 14.2 Å². The van der Waals surface area contributed by atoms with Gasteiger partial charge in [0.25, 0.3) is 0 Å². The third-order valence-electron chi connectivity index (χ3n) is 5.43. The molecule has 1 aromatic carbocycles. The number of pyridine rings is 1. The smallest absolute Gasteiger partial charge is 0.435 e. The van der Waals surface area contributed by atoms with Crippen molar-refractivity contribution in [3.8, 4) is 5.69 Å². The molecule has 0 radical (unpaired) electrons. The van der Waals surface area contributed by atoms with E-state index in [1.807, 2.05) is 37.3 Å². The number of aliphatic imine (C=N–C) groups is 1. The Hall–Kier alpha value is -3.05. The lowest BCUT2D eigenvalue weighted by molar-refractivity contribution is -0.168. The van der Waals surface area contributed by atoms with Gasteiger partial charge in [0.1, 0.15) is 11.9 Å². The molecule has 0 aliphatic carbocycles. The highest BCUT2D eigenvalue weighted by molar-refractivity contribution is 9.13. The predicted molar refractivity (Wildman–Crippen MR) is 139 cm³/mol. The Kier molecular flexibility index (Phi) is 8.20. The Bertz CT molecular complexity index is 1310. The van der Waals surface area contributed by atoms with E-state index in [4.69, 9.17) is 19.2 Å². The number of hydrogen-bond donors (Lipinski definition) is 0. The maximum absolute atomic E-state index is 12.5. The molecule has 9 nitrogen and oxygen atoms in total. The third kappa shape index (κ3) is 5.67. The molecule has 3 heterocycles. The van der Waals surface area contributed by atoms with Gasteiger partial charge in [-0.15, -0.1) is 0 Å². The number of carbonyl (C=O) groups excluding carboxylic acids is 2. The quantitative estimate of drug-likeness (QED) is 0.242.